The van der Waals surface area contributed by atoms with E-state index in [1.807, 2.05) is 45.9 Å². The van der Waals surface area contributed by atoms with Crippen LogP contribution in [0.25, 0.3) is 5.82 Å². The largest absolute Gasteiger partial charge is 0.349 e. The van der Waals surface area contributed by atoms with Crippen LogP contribution in [0, 0.1) is 25.1 Å². The van der Waals surface area contributed by atoms with Gasteiger partial charge in [0.15, 0.2) is 17.5 Å². The molecule has 5 rings (SSSR count). The summed E-state index contributed by atoms with van der Waals surface area (Å²) < 4.78 is 14.6. The molecule has 0 aliphatic heterocycles. The van der Waals surface area contributed by atoms with Crippen LogP contribution in [0.15, 0.2) is 42.9 Å². The molecular weight excluding hydrogens is 473 g/mol. The summed E-state index contributed by atoms with van der Waals surface area (Å²) in [5, 5.41) is 17.3. The molecule has 3 atom stereocenters. The van der Waals surface area contributed by atoms with Crippen LogP contribution in [-0.4, -0.2) is 40.8 Å². The third-order valence-corrected chi connectivity index (χ3v) is 6.93. The maximum absolute atomic E-state index is 13.4. The average Bonchev–Trinajstić information content (AvgIpc) is 3.59. The van der Waals surface area contributed by atoms with E-state index in [-0.39, 0.29) is 17.9 Å². The maximum Gasteiger partial charge on any atom is 0.228 e. The predicted octanol–water partition coefficient (Wildman–Crippen LogP) is 4.43. The minimum absolute atomic E-state index is 0.0110. The Hall–Kier alpha value is -4.15. The molecule has 0 unspecified atom stereocenters. The van der Waals surface area contributed by atoms with Crippen molar-refractivity contribution >= 4 is 17.7 Å². The molecule has 0 spiro atoms. The normalized spacial score (nSPS) is 20.1. The van der Waals surface area contributed by atoms with Gasteiger partial charge in [0.2, 0.25) is 11.9 Å². The van der Waals surface area contributed by atoms with Crippen LogP contribution in [0.4, 0.5) is 16.2 Å². The Morgan fingerprint density at radius 1 is 1.24 bits per heavy atom. The summed E-state index contributed by atoms with van der Waals surface area (Å²) in [6.07, 6.45) is 6.41. The minimum atomic E-state index is -0.509. The SMILES string of the molecule is Cc1cc([C@@H]2CC[C@](C)(C(=O)N[C@@H](C)c3ccc(-n4cc(F)cn4)nc3)C2)nc(Nc2cc(C)[nH]n2)n1. The van der Waals surface area contributed by atoms with Crippen molar-refractivity contribution in [1.29, 1.82) is 0 Å². The fourth-order valence-electron chi connectivity index (χ4n) is 4.82. The van der Waals surface area contributed by atoms with E-state index in [4.69, 9.17) is 4.98 Å². The Morgan fingerprint density at radius 3 is 2.76 bits per heavy atom. The van der Waals surface area contributed by atoms with Crippen LogP contribution in [-0.2, 0) is 4.79 Å². The van der Waals surface area contributed by atoms with Crippen molar-refractivity contribution in [3.05, 3.63) is 71.3 Å². The van der Waals surface area contributed by atoms with Gasteiger partial charge in [-0.2, -0.15) is 10.2 Å². The van der Waals surface area contributed by atoms with Gasteiger partial charge in [0.1, 0.15) is 0 Å². The Morgan fingerprint density at radius 2 is 2.08 bits per heavy atom. The zero-order valence-electron chi connectivity index (χ0n) is 21.3. The number of H-pyrrole nitrogens is 1. The molecule has 37 heavy (non-hydrogen) atoms. The number of anilines is 2. The Labute approximate surface area is 214 Å². The fourth-order valence-corrected chi connectivity index (χ4v) is 4.82. The number of carbonyl (C=O) groups excluding carboxylic acids is 1. The highest BCUT2D eigenvalue weighted by molar-refractivity contribution is 5.83. The molecule has 4 aromatic rings. The molecule has 1 fully saturated rings. The van der Waals surface area contributed by atoms with Crippen LogP contribution in [0.5, 0.6) is 0 Å². The molecule has 0 radical (unpaired) electrons. The van der Waals surface area contributed by atoms with Gasteiger partial charge in [-0.1, -0.05) is 13.0 Å². The Bertz CT molecular complexity index is 1410. The van der Waals surface area contributed by atoms with Crippen molar-refractivity contribution < 1.29 is 9.18 Å². The van der Waals surface area contributed by atoms with E-state index in [0.717, 1.165) is 41.7 Å². The number of amides is 1. The molecule has 1 aliphatic rings. The molecule has 1 saturated carbocycles. The zero-order valence-corrected chi connectivity index (χ0v) is 21.3. The van der Waals surface area contributed by atoms with Crippen LogP contribution in [0.3, 0.4) is 0 Å². The van der Waals surface area contributed by atoms with Gasteiger partial charge in [-0.3, -0.25) is 9.89 Å². The lowest BCUT2D eigenvalue weighted by molar-refractivity contribution is -0.130. The first-order chi connectivity index (χ1) is 17.7. The summed E-state index contributed by atoms with van der Waals surface area (Å²) in [5.41, 5.74) is 3.09. The van der Waals surface area contributed by atoms with Crippen molar-refractivity contribution in [1.82, 2.24) is 40.2 Å². The lowest BCUT2D eigenvalue weighted by Crippen LogP contribution is -2.38. The van der Waals surface area contributed by atoms with Crippen LogP contribution >= 0.6 is 0 Å². The lowest BCUT2D eigenvalue weighted by Gasteiger charge is -2.26. The topological polar surface area (TPSA) is 126 Å². The Balaban J connectivity index is 1.23. The van der Waals surface area contributed by atoms with E-state index in [1.54, 1.807) is 12.3 Å². The van der Waals surface area contributed by atoms with E-state index in [9.17, 15) is 9.18 Å². The number of rotatable bonds is 7. The second-order valence-corrected chi connectivity index (χ2v) is 10.1. The number of aromatic nitrogens is 7. The van der Waals surface area contributed by atoms with Crippen LogP contribution < -0.4 is 10.6 Å². The molecule has 1 amide bonds. The standard InChI is InChI=1S/C26H30FN9O/c1-15-9-21(32-25(30-15)33-22-10-16(2)34-35-22)18-7-8-26(4,11-18)24(37)31-17(3)19-5-6-23(28-12-19)36-14-20(27)13-29-36/h5-6,9-10,12-14,17-18H,7-8,11H2,1-4H3,(H,31,37)(H2,30,32,33,34,35)/t17-,18+,26-/m0/s1. The molecule has 3 N–H and O–H groups in total. The smallest absolute Gasteiger partial charge is 0.228 e. The van der Waals surface area contributed by atoms with Crippen molar-refractivity contribution in [2.45, 2.75) is 58.9 Å². The van der Waals surface area contributed by atoms with Gasteiger partial charge in [-0.25, -0.2) is 24.0 Å². The first-order valence-corrected chi connectivity index (χ1v) is 12.3. The third-order valence-electron chi connectivity index (χ3n) is 6.93. The quantitative estimate of drug-likeness (QED) is 0.340. The molecule has 4 aromatic heterocycles. The number of nitrogens with one attached hydrogen (secondary N) is 3. The minimum Gasteiger partial charge on any atom is -0.349 e. The molecule has 11 heteroatoms. The van der Waals surface area contributed by atoms with Crippen LogP contribution in [0.1, 0.15) is 67.7 Å². The van der Waals surface area contributed by atoms with Gasteiger partial charge in [0, 0.05) is 40.7 Å². The van der Waals surface area contributed by atoms with Crippen molar-refractivity contribution in [3.63, 3.8) is 0 Å². The van der Waals surface area contributed by atoms with E-state index in [0.29, 0.717) is 24.0 Å². The number of carbonyl (C=O) groups is 1. The van der Waals surface area contributed by atoms with E-state index in [1.165, 1.54) is 10.9 Å². The number of aromatic amines is 1. The second-order valence-electron chi connectivity index (χ2n) is 10.1. The number of pyridine rings is 1. The zero-order chi connectivity index (χ0) is 26.2. The predicted molar refractivity (Wildman–Crippen MR) is 136 cm³/mol. The number of aryl methyl sites for hydroxylation is 2. The summed E-state index contributed by atoms with van der Waals surface area (Å²) in [6, 6.07) is 7.28. The molecule has 0 saturated heterocycles. The highest BCUT2D eigenvalue weighted by atomic mass is 19.1. The summed E-state index contributed by atoms with van der Waals surface area (Å²) >= 11 is 0. The van der Waals surface area contributed by atoms with Crippen LogP contribution in [0.2, 0.25) is 0 Å². The average molecular weight is 504 g/mol. The second kappa shape index (κ2) is 9.72. The summed E-state index contributed by atoms with van der Waals surface area (Å²) in [4.78, 5) is 27.0. The van der Waals surface area contributed by atoms with Gasteiger partial charge in [0.05, 0.1) is 18.4 Å². The van der Waals surface area contributed by atoms with E-state index >= 15 is 0 Å². The van der Waals surface area contributed by atoms with E-state index < -0.39 is 11.2 Å². The van der Waals surface area contributed by atoms with Gasteiger partial charge >= 0.3 is 0 Å². The molecule has 4 heterocycles. The molecule has 10 nitrogen and oxygen atoms in total. The van der Waals surface area contributed by atoms with Gasteiger partial charge in [-0.15, -0.1) is 0 Å². The molecule has 1 aliphatic carbocycles. The highest BCUT2D eigenvalue weighted by Crippen LogP contribution is 2.46. The summed E-state index contributed by atoms with van der Waals surface area (Å²) in [5.74, 6) is 1.42. The Kier molecular flexibility index (Phi) is 6.45. The van der Waals surface area contributed by atoms with Crippen molar-refractivity contribution in [2.24, 2.45) is 5.41 Å². The third kappa shape index (κ3) is 5.35. The van der Waals surface area contributed by atoms with Gasteiger partial charge in [-0.05, 0) is 57.7 Å². The van der Waals surface area contributed by atoms with Gasteiger partial charge < -0.3 is 10.6 Å². The molecule has 0 aromatic carbocycles. The van der Waals surface area contributed by atoms with Crippen molar-refractivity contribution in [3.8, 4) is 5.82 Å². The fraction of sp³-hybridized carbons (Fsp3) is 0.385. The summed E-state index contributed by atoms with van der Waals surface area (Å²) in [6.45, 7) is 7.82. The summed E-state index contributed by atoms with van der Waals surface area (Å²) in [7, 11) is 0. The first-order valence-electron chi connectivity index (χ1n) is 12.3. The number of nitrogens with zero attached hydrogens (tertiary/aromatic N) is 6. The first kappa shape index (κ1) is 24.5. The van der Waals surface area contributed by atoms with E-state index in [2.05, 4.69) is 35.9 Å². The number of hydrogen-bond acceptors (Lipinski definition) is 7. The monoisotopic (exact) mass is 503 g/mol. The number of halogens is 1. The molecular formula is C26H30FN9O. The van der Waals surface area contributed by atoms with Gasteiger partial charge in [0.25, 0.3) is 0 Å². The highest BCUT2D eigenvalue weighted by Gasteiger charge is 2.42. The lowest BCUT2D eigenvalue weighted by atomic mass is 9.85. The molecule has 0 bridgehead atoms. The number of hydrogen-bond donors (Lipinski definition) is 3. The maximum atomic E-state index is 13.4. The van der Waals surface area contributed by atoms with Crippen molar-refractivity contribution in [2.75, 3.05) is 5.32 Å². The molecule has 192 valence electrons.